The molecular weight excluding hydrogens is 300 g/mol. The van der Waals surface area contributed by atoms with Gasteiger partial charge in [-0.25, -0.2) is 9.97 Å². The fourth-order valence-corrected chi connectivity index (χ4v) is 2.32. The quantitative estimate of drug-likeness (QED) is 0.785. The van der Waals surface area contributed by atoms with E-state index in [0.29, 0.717) is 16.2 Å². The normalized spacial score (nSPS) is 10.3. The standard InChI is InChI=1S/C9H6BrClN2OS/c1-5-4-12-9(15-5)14-8-3-6(10)2-7(11)13-8/h2-4H,1H3. The number of thiazole rings is 1. The van der Waals surface area contributed by atoms with Gasteiger partial charge in [-0.3, -0.25) is 0 Å². The van der Waals surface area contributed by atoms with Gasteiger partial charge in [-0.15, -0.1) is 0 Å². The van der Waals surface area contributed by atoms with Crippen LogP contribution in [0.1, 0.15) is 4.88 Å². The van der Waals surface area contributed by atoms with Crippen LogP contribution in [0.4, 0.5) is 0 Å². The zero-order valence-electron chi connectivity index (χ0n) is 7.70. The van der Waals surface area contributed by atoms with Crippen molar-refractivity contribution in [1.29, 1.82) is 0 Å². The largest absolute Gasteiger partial charge is 0.412 e. The zero-order chi connectivity index (χ0) is 10.8. The average molecular weight is 306 g/mol. The fraction of sp³-hybridized carbons (Fsp3) is 0.111. The maximum Gasteiger partial charge on any atom is 0.280 e. The summed E-state index contributed by atoms with van der Waals surface area (Å²) in [5, 5.41) is 0.946. The predicted molar refractivity (Wildman–Crippen MR) is 63.9 cm³/mol. The third-order valence-corrected chi connectivity index (χ3v) is 2.97. The Bertz CT molecular complexity index is 468. The molecule has 0 unspecified atom stereocenters. The molecule has 0 aliphatic carbocycles. The predicted octanol–water partition coefficient (Wildman–Crippen LogP) is 4.05. The van der Waals surface area contributed by atoms with E-state index in [1.165, 1.54) is 11.3 Å². The topological polar surface area (TPSA) is 35.0 Å². The first-order valence-corrected chi connectivity index (χ1v) is 6.05. The third kappa shape index (κ3) is 2.90. The van der Waals surface area contributed by atoms with Crippen LogP contribution in [0.15, 0.2) is 22.8 Å². The highest BCUT2D eigenvalue weighted by Gasteiger charge is 2.05. The summed E-state index contributed by atoms with van der Waals surface area (Å²) in [6, 6.07) is 3.43. The van der Waals surface area contributed by atoms with Crippen molar-refractivity contribution < 1.29 is 4.74 Å². The highest BCUT2D eigenvalue weighted by molar-refractivity contribution is 9.10. The van der Waals surface area contributed by atoms with E-state index < -0.39 is 0 Å². The molecule has 0 N–H and O–H groups in total. The number of hydrogen-bond donors (Lipinski definition) is 0. The SMILES string of the molecule is Cc1cnc(Oc2cc(Br)cc(Cl)n2)s1. The Morgan fingerprint density at radius 2 is 2.27 bits per heavy atom. The molecule has 0 aromatic carbocycles. The van der Waals surface area contributed by atoms with E-state index >= 15 is 0 Å². The minimum absolute atomic E-state index is 0.382. The number of aromatic nitrogens is 2. The van der Waals surface area contributed by atoms with Gasteiger partial charge in [0, 0.05) is 21.6 Å². The first-order chi connectivity index (χ1) is 7.13. The lowest BCUT2D eigenvalue weighted by molar-refractivity contribution is 0.459. The Kier molecular flexibility index (Phi) is 3.23. The van der Waals surface area contributed by atoms with Crippen LogP contribution in [-0.4, -0.2) is 9.97 Å². The van der Waals surface area contributed by atoms with Crippen molar-refractivity contribution in [3.8, 4) is 11.1 Å². The van der Waals surface area contributed by atoms with Crippen molar-refractivity contribution in [3.63, 3.8) is 0 Å². The lowest BCUT2D eigenvalue weighted by Gasteiger charge is -2.01. The smallest absolute Gasteiger partial charge is 0.280 e. The summed E-state index contributed by atoms with van der Waals surface area (Å²) in [4.78, 5) is 9.18. The van der Waals surface area contributed by atoms with E-state index in [2.05, 4.69) is 25.9 Å². The molecule has 2 aromatic heterocycles. The molecule has 2 heterocycles. The average Bonchev–Trinajstić information content (AvgIpc) is 2.49. The molecule has 2 aromatic rings. The van der Waals surface area contributed by atoms with Gasteiger partial charge in [0.15, 0.2) is 0 Å². The number of aryl methyl sites for hydroxylation is 1. The Morgan fingerprint density at radius 1 is 1.47 bits per heavy atom. The maximum absolute atomic E-state index is 5.78. The summed E-state index contributed by atoms with van der Waals surface area (Å²) in [6.45, 7) is 1.96. The minimum Gasteiger partial charge on any atom is -0.412 e. The van der Waals surface area contributed by atoms with Crippen molar-refractivity contribution in [3.05, 3.63) is 32.8 Å². The summed E-state index contributed by atoms with van der Waals surface area (Å²) in [5.74, 6) is 0.434. The summed E-state index contributed by atoms with van der Waals surface area (Å²) in [5.41, 5.74) is 0. The van der Waals surface area contributed by atoms with Crippen LogP contribution < -0.4 is 4.74 Å². The van der Waals surface area contributed by atoms with Gasteiger partial charge < -0.3 is 4.74 Å². The van der Waals surface area contributed by atoms with Crippen LogP contribution in [0.3, 0.4) is 0 Å². The van der Waals surface area contributed by atoms with Crippen molar-refractivity contribution in [2.75, 3.05) is 0 Å². The molecule has 78 valence electrons. The molecule has 2 rings (SSSR count). The lowest BCUT2D eigenvalue weighted by Crippen LogP contribution is -1.87. The summed E-state index contributed by atoms with van der Waals surface area (Å²) < 4.78 is 6.27. The summed E-state index contributed by atoms with van der Waals surface area (Å²) in [6.07, 6.45) is 1.75. The molecule has 6 heteroatoms. The molecule has 15 heavy (non-hydrogen) atoms. The molecule has 0 spiro atoms. The molecule has 0 aliphatic heterocycles. The number of rotatable bonds is 2. The van der Waals surface area contributed by atoms with Gasteiger partial charge in [0.25, 0.3) is 5.19 Å². The van der Waals surface area contributed by atoms with Gasteiger partial charge in [-0.1, -0.05) is 38.9 Å². The van der Waals surface area contributed by atoms with Crippen LogP contribution in [-0.2, 0) is 0 Å². The highest BCUT2D eigenvalue weighted by atomic mass is 79.9. The maximum atomic E-state index is 5.78. The fourth-order valence-electron chi connectivity index (χ4n) is 0.966. The third-order valence-electron chi connectivity index (χ3n) is 1.53. The number of ether oxygens (including phenoxy) is 1. The van der Waals surface area contributed by atoms with Crippen LogP contribution >= 0.6 is 38.9 Å². The van der Waals surface area contributed by atoms with E-state index in [1.807, 2.05) is 6.92 Å². The van der Waals surface area contributed by atoms with Crippen molar-refractivity contribution in [1.82, 2.24) is 9.97 Å². The van der Waals surface area contributed by atoms with Crippen molar-refractivity contribution in [2.45, 2.75) is 6.92 Å². The molecule has 0 saturated heterocycles. The summed E-state index contributed by atoms with van der Waals surface area (Å²) in [7, 11) is 0. The van der Waals surface area contributed by atoms with Gasteiger partial charge in [0.1, 0.15) is 5.15 Å². The zero-order valence-corrected chi connectivity index (χ0v) is 10.9. The molecule has 0 amide bonds. The molecule has 3 nitrogen and oxygen atoms in total. The first kappa shape index (κ1) is 10.9. The first-order valence-electron chi connectivity index (χ1n) is 4.07. The molecule has 0 radical (unpaired) electrons. The van der Waals surface area contributed by atoms with E-state index in [0.717, 1.165) is 9.35 Å². The van der Waals surface area contributed by atoms with Gasteiger partial charge in [0.2, 0.25) is 5.88 Å². The molecule has 0 bridgehead atoms. The Labute approximate surface area is 104 Å². The number of nitrogens with zero attached hydrogens (tertiary/aromatic N) is 2. The van der Waals surface area contributed by atoms with E-state index in [1.54, 1.807) is 18.3 Å². The molecular formula is C9H6BrClN2OS. The van der Waals surface area contributed by atoms with Gasteiger partial charge in [-0.2, -0.15) is 0 Å². The van der Waals surface area contributed by atoms with Crippen LogP contribution in [0, 0.1) is 6.92 Å². The second-order valence-electron chi connectivity index (χ2n) is 2.79. The monoisotopic (exact) mass is 304 g/mol. The Balaban J connectivity index is 2.24. The van der Waals surface area contributed by atoms with E-state index in [9.17, 15) is 0 Å². The van der Waals surface area contributed by atoms with E-state index in [-0.39, 0.29) is 0 Å². The second kappa shape index (κ2) is 4.47. The van der Waals surface area contributed by atoms with Crippen LogP contribution in [0.5, 0.6) is 11.1 Å². The summed E-state index contributed by atoms with van der Waals surface area (Å²) >= 11 is 10.6. The highest BCUT2D eigenvalue weighted by Crippen LogP contribution is 2.27. The van der Waals surface area contributed by atoms with Crippen LogP contribution in [0.2, 0.25) is 5.15 Å². The second-order valence-corrected chi connectivity index (χ2v) is 5.29. The van der Waals surface area contributed by atoms with Crippen molar-refractivity contribution >= 4 is 38.9 Å². The number of hydrogen-bond acceptors (Lipinski definition) is 4. The molecule has 0 saturated carbocycles. The molecule has 0 atom stereocenters. The molecule has 0 fully saturated rings. The Hall–Kier alpha value is -0.650. The number of halogens is 2. The van der Waals surface area contributed by atoms with E-state index in [4.69, 9.17) is 16.3 Å². The molecule has 0 aliphatic rings. The van der Waals surface area contributed by atoms with Crippen molar-refractivity contribution in [2.24, 2.45) is 0 Å². The number of pyridine rings is 1. The minimum atomic E-state index is 0.382. The lowest BCUT2D eigenvalue weighted by atomic mass is 10.5. The van der Waals surface area contributed by atoms with Gasteiger partial charge in [-0.05, 0) is 13.0 Å². The van der Waals surface area contributed by atoms with Crippen LogP contribution in [0.25, 0.3) is 0 Å². The van der Waals surface area contributed by atoms with Gasteiger partial charge >= 0.3 is 0 Å². The Morgan fingerprint density at radius 3 is 2.87 bits per heavy atom. The van der Waals surface area contributed by atoms with Gasteiger partial charge in [0.05, 0.1) is 0 Å².